The van der Waals surface area contributed by atoms with Gasteiger partial charge in [0.25, 0.3) is 11.4 Å². The van der Waals surface area contributed by atoms with Crippen LogP contribution in [0.25, 0.3) is 22.2 Å². The fourth-order valence-corrected chi connectivity index (χ4v) is 3.12. The Balaban J connectivity index is 1.57. The number of ether oxygens (including phenoxy) is 1. The van der Waals surface area contributed by atoms with Gasteiger partial charge >= 0.3 is 5.97 Å². The molecule has 2 heterocycles. The summed E-state index contributed by atoms with van der Waals surface area (Å²) in [5.41, 5.74) is 0.636. The monoisotopic (exact) mass is 418 g/mol. The molecule has 2 aromatic carbocycles. The largest absolute Gasteiger partial charge is 0.451 e. The molecule has 31 heavy (non-hydrogen) atoms. The Morgan fingerprint density at radius 3 is 2.48 bits per heavy atom. The van der Waals surface area contributed by atoms with Gasteiger partial charge in [-0.05, 0) is 30.5 Å². The van der Waals surface area contributed by atoms with E-state index in [0.29, 0.717) is 29.1 Å². The number of hydrogen-bond donors (Lipinski definition) is 0. The first-order valence-corrected chi connectivity index (χ1v) is 10.1. The van der Waals surface area contributed by atoms with Crippen LogP contribution in [0.15, 0.2) is 63.8 Å². The average Bonchev–Trinajstić information content (AvgIpc) is 3.27. The van der Waals surface area contributed by atoms with Crippen molar-refractivity contribution >= 4 is 16.7 Å². The lowest BCUT2D eigenvalue weighted by atomic mass is 10.1. The summed E-state index contributed by atoms with van der Waals surface area (Å²) >= 11 is 0. The van der Waals surface area contributed by atoms with Crippen molar-refractivity contribution in [2.24, 2.45) is 5.92 Å². The Morgan fingerprint density at radius 1 is 1.03 bits per heavy atom. The number of esters is 1. The number of benzene rings is 2. The zero-order valence-electron chi connectivity index (χ0n) is 17.3. The van der Waals surface area contributed by atoms with Gasteiger partial charge in [0.05, 0.1) is 5.39 Å². The summed E-state index contributed by atoms with van der Waals surface area (Å²) in [6.07, 6.45) is 0.768. The third-order valence-corrected chi connectivity index (χ3v) is 4.79. The van der Waals surface area contributed by atoms with Crippen LogP contribution in [-0.2, 0) is 17.9 Å². The summed E-state index contributed by atoms with van der Waals surface area (Å²) in [6, 6.07) is 16.2. The number of nitrogens with zero attached hydrogens (tertiary/aromatic N) is 4. The van der Waals surface area contributed by atoms with Crippen molar-refractivity contribution in [3.63, 3.8) is 0 Å². The molecule has 0 unspecified atom stereocenters. The van der Waals surface area contributed by atoms with Crippen molar-refractivity contribution < 1.29 is 13.9 Å². The van der Waals surface area contributed by atoms with Crippen LogP contribution in [0.2, 0.25) is 0 Å². The highest BCUT2D eigenvalue weighted by Crippen LogP contribution is 2.18. The molecule has 0 aliphatic carbocycles. The maximum Gasteiger partial charge on any atom is 0.359 e. The van der Waals surface area contributed by atoms with Crippen LogP contribution in [0.5, 0.6) is 0 Å². The van der Waals surface area contributed by atoms with Crippen molar-refractivity contribution in [1.82, 2.24) is 20.0 Å². The number of hydrogen-bond acceptors (Lipinski definition) is 7. The zero-order chi connectivity index (χ0) is 21.8. The molecule has 2 aromatic heterocycles. The lowest BCUT2D eigenvalue weighted by molar-refractivity contribution is 0.0431. The Morgan fingerprint density at radius 2 is 1.74 bits per heavy atom. The Labute approximate surface area is 178 Å². The molecule has 0 saturated carbocycles. The number of aryl methyl sites for hydroxylation is 1. The van der Waals surface area contributed by atoms with Gasteiger partial charge in [0.15, 0.2) is 12.3 Å². The van der Waals surface area contributed by atoms with Gasteiger partial charge in [-0.3, -0.25) is 4.79 Å². The highest BCUT2D eigenvalue weighted by atomic mass is 16.5. The Hall–Kier alpha value is -3.81. The van der Waals surface area contributed by atoms with Crippen molar-refractivity contribution in [2.45, 2.75) is 33.4 Å². The van der Waals surface area contributed by atoms with Gasteiger partial charge in [0.1, 0.15) is 0 Å². The van der Waals surface area contributed by atoms with E-state index >= 15 is 0 Å². The number of fused-ring (bicyclic) bond motifs is 1. The standard InChI is InChI=1S/C23H22N4O4/c1-15(2)12-13-27-22(28)18-11-7-6-10-17(18)20(26-27)23(29)30-14-19-24-25-21(31-19)16-8-4-3-5-9-16/h3-11,15H,12-14H2,1-2H3. The van der Waals surface area contributed by atoms with Crippen LogP contribution in [0.1, 0.15) is 36.6 Å². The minimum absolute atomic E-state index is 0.0850. The highest BCUT2D eigenvalue weighted by molar-refractivity contribution is 6.02. The van der Waals surface area contributed by atoms with Crippen LogP contribution in [0.4, 0.5) is 0 Å². The molecule has 0 aliphatic heterocycles. The summed E-state index contributed by atoms with van der Waals surface area (Å²) in [7, 11) is 0. The second-order valence-electron chi connectivity index (χ2n) is 7.55. The minimum Gasteiger partial charge on any atom is -0.451 e. The molecule has 8 nitrogen and oxygen atoms in total. The summed E-state index contributed by atoms with van der Waals surface area (Å²) in [4.78, 5) is 25.6. The number of carbonyl (C=O) groups excluding carboxylic acids is 1. The van der Waals surface area contributed by atoms with Crippen LogP contribution < -0.4 is 5.56 Å². The number of carbonyl (C=O) groups is 1. The first-order chi connectivity index (χ1) is 15.0. The van der Waals surface area contributed by atoms with E-state index < -0.39 is 5.97 Å². The molecule has 4 aromatic rings. The van der Waals surface area contributed by atoms with Gasteiger partial charge in [-0.2, -0.15) is 5.10 Å². The van der Waals surface area contributed by atoms with Crippen molar-refractivity contribution in [2.75, 3.05) is 0 Å². The van der Waals surface area contributed by atoms with E-state index in [1.807, 2.05) is 30.3 Å². The molecule has 0 radical (unpaired) electrons. The highest BCUT2D eigenvalue weighted by Gasteiger charge is 2.19. The first-order valence-electron chi connectivity index (χ1n) is 10.1. The Kier molecular flexibility index (Phi) is 5.88. The van der Waals surface area contributed by atoms with Gasteiger partial charge in [-0.1, -0.05) is 50.2 Å². The topological polar surface area (TPSA) is 100 Å². The van der Waals surface area contributed by atoms with E-state index in [9.17, 15) is 9.59 Å². The third kappa shape index (κ3) is 4.53. The van der Waals surface area contributed by atoms with Gasteiger partial charge in [-0.25, -0.2) is 9.48 Å². The first kappa shape index (κ1) is 20.5. The SMILES string of the molecule is CC(C)CCn1nc(C(=O)OCc2nnc(-c3ccccc3)o2)c2ccccc2c1=O. The smallest absolute Gasteiger partial charge is 0.359 e. The van der Waals surface area contributed by atoms with Gasteiger partial charge in [0, 0.05) is 17.5 Å². The van der Waals surface area contributed by atoms with Crippen LogP contribution in [0.3, 0.4) is 0 Å². The molecule has 0 saturated heterocycles. The molecule has 0 bridgehead atoms. The Bertz CT molecular complexity index is 1260. The second-order valence-corrected chi connectivity index (χ2v) is 7.55. The van der Waals surface area contributed by atoms with E-state index in [0.717, 1.165) is 12.0 Å². The van der Waals surface area contributed by atoms with Crippen molar-refractivity contribution in [1.29, 1.82) is 0 Å². The maximum atomic E-state index is 12.8. The summed E-state index contributed by atoms with van der Waals surface area (Å²) in [5, 5.41) is 13.1. The number of rotatable bonds is 7. The molecule has 8 heteroatoms. The molecular formula is C23H22N4O4. The fourth-order valence-electron chi connectivity index (χ4n) is 3.12. The van der Waals surface area contributed by atoms with E-state index in [-0.39, 0.29) is 23.8 Å². The molecule has 0 atom stereocenters. The normalized spacial score (nSPS) is 11.2. The number of aromatic nitrogens is 4. The molecule has 0 fully saturated rings. The molecule has 0 aliphatic rings. The van der Waals surface area contributed by atoms with Crippen molar-refractivity contribution in [3.05, 3.63) is 76.5 Å². The maximum absolute atomic E-state index is 12.8. The fraction of sp³-hybridized carbons (Fsp3) is 0.261. The second kappa shape index (κ2) is 8.91. The molecule has 0 N–H and O–H groups in total. The predicted molar refractivity (Wildman–Crippen MR) is 114 cm³/mol. The molecule has 0 amide bonds. The summed E-state index contributed by atoms with van der Waals surface area (Å²) < 4.78 is 12.3. The zero-order valence-corrected chi connectivity index (χ0v) is 17.3. The van der Waals surface area contributed by atoms with Gasteiger partial charge < -0.3 is 9.15 Å². The van der Waals surface area contributed by atoms with E-state index in [1.54, 1.807) is 24.3 Å². The van der Waals surface area contributed by atoms with Crippen molar-refractivity contribution in [3.8, 4) is 11.5 Å². The van der Waals surface area contributed by atoms with Gasteiger partial charge in [-0.15, -0.1) is 10.2 Å². The van der Waals surface area contributed by atoms with E-state index in [2.05, 4.69) is 29.1 Å². The predicted octanol–water partition coefficient (Wildman–Crippen LogP) is 3.85. The van der Waals surface area contributed by atoms with Gasteiger partial charge in [0.2, 0.25) is 5.89 Å². The molecular weight excluding hydrogens is 396 g/mol. The minimum atomic E-state index is -0.658. The lowest BCUT2D eigenvalue weighted by Gasteiger charge is -2.11. The molecule has 4 rings (SSSR count). The van der Waals surface area contributed by atoms with Crippen LogP contribution in [0, 0.1) is 5.92 Å². The lowest BCUT2D eigenvalue weighted by Crippen LogP contribution is -2.27. The average molecular weight is 418 g/mol. The third-order valence-electron chi connectivity index (χ3n) is 4.79. The van der Waals surface area contributed by atoms with E-state index in [4.69, 9.17) is 9.15 Å². The quantitative estimate of drug-likeness (QED) is 0.420. The molecule has 158 valence electrons. The molecule has 0 spiro atoms. The van der Waals surface area contributed by atoms with Crippen LogP contribution >= 0.6 is 0 Å². The summed E-state index contributed by atoms with van der Waals surface area (Å²) in [5.74, 6) is 0.253. The van der Waals surface area contributed by atoms with E-state index in [1.165, 1.54) is 4.68 Å². The van der Waals surface area contributed by atoms with Crippen LogP contribution in [-0.4, -0.2) is 25.9 Å². The summed E-state index contributed by atoms with van der Waals surface area (Å²) in [6.45, 7) is 4.36.